The Morgan fingerprint density at radius 3 is 2.71 bits per heavy atom. The molecule has 2 heterocycles. The number of urea groups is 1. The van der Waals surface area contributed by atoms with Gasteiger partial charge in [0.05, 0.1) is 18.1 Å². The molecule has 0 aromatic rings. The third-order valence-corrected chi connectivity index (χ3v) is 6.10. The molecular formula is C13H22N2O5S. The highest BCUT2D eigenvalue weighted by Crippen LogP contribution is 2.38. The Hall–Kier alpha value is -0.860. The van der Waals surface area contributed by atoms with Crippen LogP contribution >= 0.6 is 0 Å². The highest BCUT2D eigenvalue weighted by Gasteiger charge is 2.43. The number of carbonyl (C=O) groups is 1. The number of hydrogen-bond acceptors (Lipinski definition) is 5. The SMILES string of the molecule is O=C(NC[C@@H]1COC2(CCCC2)O1)N[C@@H]1CCS(=O)(=O)C1. The largest absolute Gasteiger partial charge is 0.347 e. The third-order valence-electron chi connectivity index (χ3n) is 4.34. The Morgan fingerprint density at radius 1 is 1.29 bits per heavy atom. The number of sulfone groups is 1. The van der Waals surface area contributed by atoms with E-state index >= 15 is 0 Å². The van der Waals surface area contributed by atoms with Gasteiger partial charge in [-0.15, -0.1) is 0 Å². The summed E-state index contributed by atoms with van der Waals surface area (Å²) in [5.41, 5.74) is 0. The lowest BCUT2D eigenvalue weighted by Gasteiger charge is -2.22. The van der Waals surface area contributed by atoms with Gasteiger partial charge < -0.3 is 20.1 Å². The highest BCUT2D eigenvalue weighted by atomic mass is 32.2. The molecule has 2 atom stereocenters. The molecule has 7 nitrogen and oxygen atoms in total. The molecule has 3 rings (SSSR count). The van der Waals surface area contributed by atoms with Crippen LogP contribution in [0, 0.1) is 0 Å². The van der Waals surface area contributed by atoms with Crippen molar-refractivity contribution < 1.29 is 22.7 Å². The zero-order valence-electron chi connectivity index (χ0n) is 12.0. The van der Waals surface area contributed by atoms with E-state index in [2.05, 4.69) is 10.6 Å². The molecule has 0 unspecified atom stereocenters. The lowest BCUT2D eigenvalue weighted by Crippen LogP contribution is -2.45. The van der Waals surface area contributed by atoms with Crippen molar-refractivity contribution in [2.24, 2.45) is 0 Å². The second kappa shape index (κ2) is 5.73. The zero-order valence-corrected chi connectivity index (χ0v) is 12.8. The van der Waals surface area contributed by atoms with Crippen molar-refractivity contribution in [1.82, 2.24) is 10.6 Å². The second-order valence-electron chi connectivity index (χ2n) is 6.12. The normalized spacial score (nSPS) is 33.3. The maximum atomic E-state index is 11.8. The molecule has 120 valence electrons. The van der Waals surface area contributed by atoms with Crippen LogP contribution in [0.2, 0.25) is 0 Å². The molecule has 1 aliphatic carbocycles. The molecular weight excluding hydrogens is 296 g/mol. The summed E-state index contributed by atoms with van der Waals surface area (Å²) in [6.45, 7) is 0.880. The average molecular weight is 318 g/mol. The van der Waals surface area contributed by atoms with E-state index in [9.17, 15) is 13.2 Å². The first-order chi connectivity index (χ1) is 9.96. The topological polar surface area (TPSA) is 93.7 Å². The molecule has 2 N–H and O–H groups in total. The third kappa shape index (κ3) is 3.67. The van der Waals surface area contributed by atoms with Crippen LogP contribution in [0.4, 0.5) is 4.79 Å². The number of rotatable bonds is 3. The summed E-state index contributed by atoms with van der Waals surface area (Å²) < 4.78 is 34.3. The Balaban J connectivity index is 1.39. The molecule has 3 aliphatic rings. The molecule has 2 aliphatic heterocycles. The van der Waals surface area contributed by atoms with E-state index in [1.54, 1.807) is 0 Å². The predicted molar refractivity (Wildman–Crippen MR) is 75.6 cm³/mol. The van der Waals surface area contributed by atoms with Crippen LogP contribution in [-0.4, -0.2) is 57.0 Å². The molecule has 21 heavy (non-hydrogen) atoms. The summed E-state index contributed by atoms with van der Waals surface area (Å²) in [4.78, 5) is 11.8. The minimum Gasteiger partial charge on any atom is -0.347 e. The van der Waals surface area contributed by atoms with Crippen molar-refractivity contribution in [2.75, 3.05) is 24.7 Å². The van der Waals surface area contributed by atoms with Crippen molar-refractivity contribution >= 4 is 15.9 Å². The van der Waals surface area contributed by atoms with Crippen LogP contribution in [0.25, 0.3) is 0 Å². The van der Waals surface area contributed by atoms with Crippen molar-refractivity contribution in [1.29, 1.82) is 0 Å². The molecule has 8 heteroatoms. The number of hydrogen-bond donors (Lipinski definition) is 2. The first-order valence-electron chi connectivity index (χ1n) is 7.53. The van der Waals surface area contributed by atoms with E-state index in [1.807, 2.05) is 0 Å². The van der Waals surface area contributed by atoms with E-state index in [1.165, 1.54) is 0 Å². The molecule has 0 bridgehead atoms. The van der Waals surface area contributed by atoms with Gasteiger partial charge in [-0.2, -0.15) is 0 Å². The molecule has 1 saturated carbocycles. The van der Waals surface area contributed by atoms with E-state index in [0.717, 1.165) is 25.7 Å². The quantitative estimate of drug-likeness (QED) is 0.773. The van der Waals surface area contributed by atoms with Gasteiger partial charge in [0.25, 0.3) is 0 Å². The first-order valence-corrected chi connectivity index (χ1v) is 9.35. The standard InChI is InChI=1S/C13H22N2O5S/c16-12(15-10-3-6-21(17,18)9-10)14-7-11-8-19-13(20-11)4-1-2-5-13/h10-11H,1-9H2,(H2,14,15,16)/t10-,11-/m1/s1. The van der Waals surface area contributed by atoms with Crippen LogP contribution in [-0.2, 0) is 19.3 Å². The highest BCUT2D eigenvalue weighted by molar-refractivity contribution is 7.91. The van der Waals surface area contributed by atoms with Gasteiger partial charge in [-0.05, 0) is 19.3 Å². The van der Waals surface area contributed by atoms with Gasteiger partial charge in [0.1, 0.15) is 6.10 Å². The first kappa shape index (κ1) is 15.1. The monoisotopic (exact) mass is 318 g/mol. The fourth-order valence-corrected chi connectivity index (χ4v) is 4.92. The molecule has 0 radical (unpaired) electrons. The van der Waals surface area contributed by atoms with Crippen molar-refractivity contribution in [3.8, 4) is 0 Å². The molecule has 2 saturated heterocycles. The summed E-state index contributed by atoms with van der Waals surface area (Å²) in [5.74, 6) is -0.227. The Labute approximate surface area is 124 Å². The van der Waals surface area contributed by atoms with Gasteiger partial charge in [-0.1, -0.05) is 0 Å². The van der Waals surface area contributed by atoms with Gasteiger partial charge in [0, 0.05) is 25.4 Å². The van der Waals surface area contributed by atoms with Crippen LogP contribution in [0.5, 0.6) is 0 Å². The fraction of sp³-hybridized carbons (Fsp3) is 0.923. The van der Waals surface area contributed by atoms with Crippen LogP contribution in [0.1, 0.15) is 32.1 Å². The van der Waals surface area contributed by atoms with E-state index in [4.69, 9.17) is 9.47 Å². The number of amides is 2. The Kier molecular flexibility index (Phi) is 4.11. The zero-order chi connectivity index (χ0) is 14.9. The molecule has 0 aromatic carbocycles. The summed E-state index contributed by atoms with van der Waals surface area (Å²) >= 11 is 0. The summed E-state index contributed by atoms with van der Waals surface area (Å²) in [6.07, 6.45) is 4.46. The lowest BCUT2D eigenvalue weighted by molar-refractivity contribution is -0.160. The summed E-state index contributed by atoms with van der Waals surface area (Å²) in [6, 6.07) is -0.620. The average Bonchev–Trinajstić information content (AvgIpc) is 3.11. The number of nitrogens with one attached hydrogen (secondary N) is 2. The van der Waals surface area contributed by atoms with Gasteiger partial charge >= 0.3 is 6.03 Å². The van der Waals surface area contributed by atoms with Gasteiger partial charge in [-0.25, -0.2) is 13.2 Å². The maximum absolute atomic E-state index is 11.8. The molecule has 0 aromatic heterocycles. The maximum Gasteiger partial charge on any atom is 0.315 e. The van der Waals surface area contributed by atoms with Crippen LogP contribution < -0.4 is 10.6 Å². The van der Waals surface area contributed by atoms with Gasteiger partial charge in [0.15, 0.2) is 15.6 Å². The van der Waals surface area contributed by atoms with E-state index < -0.39 is 15.6 Å². The van der Waals surface area contributed by atoms with E-state index in [0.29, 0.717) is 19.6 Å². The summed E-state index contributed by atoms with van der Waals surface area (Å²) in [7, 11) is -2.97. The van der Waals surface area contributed by atoms with Crippen molar-refractivity contribution in [3.63, 3.8) is 0 Å². The van der Waals surface area contributed by atoms with Crippen LogP contribution in [0.15, 0.2) is 0 Å². The number of carbonyl (C=O) groups excluding carboxylic acids is 1. The predicted octanol–water partition coefficient (Wildman–Crippen LogP) is 0.158. The minimum atomic E-state index is -2.97. The smallest absolute Gasteiger partial charge is 0.315 e. The minimum absolute atomic E-state index is 0.0343. The molecule has 3 fully saturated rings. The molecule has 2 amide bonds. The Morgan fingerprint density at radius 2 is 2.05 bits per heavy atom. The second-order valence-corrected chi connectivity index (χ2v) is 8.35. The van der Waals surface area contributed by atoms with Crippen molar-refractivity contribution in [2.45, 2.75) is 50.0 Å². The molecule has 1 spiro atoms. The lowest BCUT2D eigenvalue weighted by atomic mass is 10.2. The fourth-order valence-electron chi connectivity index (χ4n) is 3.24. The van der Waals surface area contributed by atoms with E-state index in [-0.39, 0.29) is 29.7 Å². The van der Waals surface area contributed by atoms with Crippen LogP contribution in [0.3, 0.4) is 0 Å². The summed E-state index contributed by atoms with van der Waals surface area (Å²) in [5, 5.41) is 5.43. The van der Waals surface area contributed by atoms with Crippen molar-refractivity contribution in [3.05, 3.63) is 0 Å². The van der Waals surface area contributed by atoms with Gasteiger partial charge in [-0.3, -0.25) is 0 Å². The van der Waals surface area contributed by atoms with Gasteiger partial charge in [0.2, 0.25) is 0 Å². The number of ether oxygens (including phenoxy) is 2. The Bertz CT molecular complexity index is 501.